The molecule has 37 heavy (non-hydrogen) atoms. The molecule has 3 amide bonds. The lowest BCUT2D eigenvalue weighted by Crippen LogP contribution is -2.58. The first-order chi connectivity index (χ1) is 17.7. The lowest BCUT2D eigenvalue weighted by molar-refractivity contribution is -0.142. The van der Waals surface area contributed by atoms with Gasteiger partial charge < -0.3 is 26.8 Å². The lowest BCUT2D eigenvalue weighted by atomic mass is 10.0. The minimum Gasteiger partial charge on any atom is -0.480 e. The number of hydrogen-bond donors (Lipinski definition) is 6. The van der Waals surface area contributed by atoms with Crippen LogP contribution in [-0.2, 0) is 32.0 Å². The van der Waals surface area contributed by atoms with Crippen LogP contribution in [0.3, 0.4) is 0 Å². The van der Waals surface area contributed by atoms with E-state index < -0.39 is 47.9 Å². The van der Waals surface area contributed by atoms with Crippen LogP contribution in [0, 0.1) is 0 Å². The summed E-state index contributed by atoms with van der Waals surface area (Å²) in [4.78, 5) is 50.4. The van der Waals surface area contributed by atoms with Crippen molar-refractivity contribution in [3.8, 4) is 0 Å². The van der Waals surface area contributed by atoms with E-state index in [1.165, 1.54) is 11.8 Å². The Hall–Kier alpha value is -3.02. The fourth-order valence-corrected chi connectivity index (χ4v) is 4.26. The number of carbonyl (C=O) groups is 4. The molecule has 0 spiro atoms. The molecular weight excluding hydrogens is 512 g/mol. The second kappa shape index (κ2) is 16.0. The zero-order valence-corrected chi connectivity index (χ0v) is 22.3. The maximum absolute atomic E-state index is 13.1. The van der Waals surface area contributed by atoms with Crippen molar-refractivity contribution in [2.24, 2.45) is 5.73 Å². The Bertz CT molecular complexity index is 1030. The number of benzene rings is 2. The van der Waals surface area contributed by atoms with Crippen molar-refractivity contribution in [2.75, 3.05) is 17.8 Å². The SMILES string of the molecule is CSCCC(NC(=O)C(Cc1ccccc1)NC(=O)C(CS)NC(=O)C(N)Cc1ccccc1)C(=O)O. The molecular formula is C26H34N4O5S2. The monoisotopic (exact) mass is 546 g/mol. The third-order valence-corrected chi connectivity index (χ3v) is 6.60. The lowest BCUT2D eigenvalue weighted by Gasteiger charge is -2.24. The fraction of sp³-hybridized carbons (Fsp3) is 0.385. The molecule has 0 saturated heterocycles. The first-order valence-corrected chi connectivity index (χ1v) is 13.8. The minimum atomic E-state index is -1.15. The molecule has 2 aromatic rings. The van der Waals surface area contributed by atoms with Crippen LogP contribution in [0.1, 0.15) is 17.5 Å². The Morgan fingerprint density at radius 2 is 1.30 bits per heavy atom. The van der Waals surface area contributed by atoms with E-state index in [1.807, 2.05) is 42.7 Å². The standard InChI is InChI=1S/C26H34N4O5S2/c1-37-13-12-20(26(34)35)28-24(32)21(15-18-10-6-3-7-11-18)29-25(33)22(16-36)30-23(31)19(27)14-17-8-4-2-5-9-17/h2-11,19-22,36H,12-16,27H2,1H3,(H,28,32)(H,29,33)(H,30,31)(H,34,35). The summed E-state index contributed by atoms with van der Waals surface area (Å²) in [6, 6.07) is 14.2. The van der Waals surface area contributed by atoms with Gasteiger partial charge >= 0.3 is 5.97 Å². The number of rotatable bonds is 15. The minimum absolute atomic E-state index is 0.0270. The third kappa shape index (κ3) is 10.5. The maximum atomic E-state index is 13.1. The number of thioether (sulfide) groups is 1. The molecule has 0 aliphatic heterocycles. The number of carbonyl (C=O) groups excluding carboxylic acids is 3. The Kier molecular flexibility index (Phi) is 13.0. The Morgan fingerprint density at radius 1 is 0.811 bits per heavy atom. The van der Waals surface area contributed by atoms with Gasteiger partial charge in [0.15, 0.2) is 0 Å². The molecule has 4 atom stereocenters. The molecule has 0 aliphatic rings. The van der Waals surface area contributed by atoms with Crippen LogP contribution in [0.5, 0.6) is 0 Å². The molecule has 4 unspecified atom stereocenters. The van der Waals surface area contributed by atoms with Crippen LogP contribution in [0.15, 0.2) is 60.7 Å². The van der Waals surface area contributed by atoms with Crippen molar-refractivity contribution < 1.29 is 24.3 Å². The van der Waals surface area contributed by atoms with E-state index >= 15 is 0 Å². The van der Waals surface area contributed by atoms with Gasteiger partial charge in [0.25, 0.3) is 0 Å². The molecule has 6 N–H and O–H groups in total. The second-order valence-electron chi connectivity index (χ2n) is 8.47. The average Bonchev–Trinajstić information content (AvgIpc) is 2.89. The molecule has 0 heterocycles. The second-order valence-corrected chi connectivity index (χ2v) is 9.82. The average molecular weight is 547 g/mol. The summed E-state index contributed by atoms with van der Waals surface area (Å²) in [5.74, 6) is -2.41. The van der Waals surface area contributed by atoms with Gasteiger partial charge in [0.2, 0.25) is 17.7 Å². The van der Waals surface area contributed by atoms with Crippen molar-refractivity contribution in [3.63, 3.8) is 0 Å². The third-order valence-electron chi connectivity index (χ3n) is 5.59. The smallest absolute Gasteiger partial charge is 0.326 e. The molecule has 0 radical (unpaired) electrons. The molecule has 0 aromatic heterocycles. The van der Waals surface area contributed by atoms with Crippen LogP contribution >= 0.6 is 24.4 Å². The number of aliphatic carboxylic acids is 1. The van der Waals surface area contributed by atoms with Crippen molar-refractivity contribution >= 4 is 48.1 Å². The Labute approximate surface area is 226 Å². The number of amides is 3. The van der Waals surface area contributed by atoms with Gasteiger partial charge in [-0.25, -0.2) is 4.79 Å². The van der Waals surface area contributed by atoms with E-state index in [9.17, 15) is 24.3 Å². The van der Waals surface area contributed by atoms with Crippen molar-refractivity contribution in [1.29, 1.82) is 0 Å². The van der Waals surface area contributed by atoms with Gasteiger partial charge in [0, 0.05) is 12.2 Å². The van der Waals surface area contributed by atoms with Crippen molar-refractivity contribution in [1.82, 2.24) is 16.0 Å². The molecule has 2 rings (SSSR count). The van der Waals surface area contributed by atoms with Crippen LogP contribution in [-0.4, -0.2) is 70.7 Å². The Morgan fingerprint density at radius 3 is 1.81 bits per heavy atom. The molecule has 0 aliphatic carbocycles. The predicted octanol–water partition coefficient (Wildman–Crippen LogP) is 1.02. The highest BCUT2D eigenvalue weighted by atomic mass is 32.2. The van der Waals surface area contributed by atoms with Gasteiger partial charge in [-0.05, 0) is 36.0 Å². The largest absolute Gasteiger partial charge is 0.480 e. The number of hydrogen-bond acceptors (Lipinski definition) is 7. The molecule has 0 saturated carbocycles. The zero-order valence-electron chi connectivity index (χ0n) is 20.6. The van der Waals surface area contributed by atoms with Gasteiger partial charge in [-0.1, -0.05) is 60.7 Å². The molecule has 9 nitrogen and oxygen atoms in total. The normalized spacial score (nSPS) is 14.0. The first kappa shape index (κ1) is 30.2. The van der Waals surface area contributed by atoms with Crippen LogP contribution < -0.4 is 21.7 Å². The van der Waals surface area contributed by atoms with Gasteiger partial charge in [0.05, 0.1) is 6.04 Å². The predicted molar refractivity (Wildman–Crippen MR) is 149 cm³/mol. The molecule has 11 heteroatoms. The quantitative estimate of drug-likeness (QED) is 0.183. The highest BCUT2D eigenvalue weighted by Gasteiger charge is 2.30. The van der Waals surface area contributed by atoms with E-state index in [2.05, 4.69) is 28.6 Å². The summed E-state index contributed by atoms with van der Waals surface area (Å²) >= 11 is 5.66. The van der Waals surface area contributed by atoms with E-state index in [-0.39, 0.29) is 18.6 Å². The number of carboxylic acids is 1. The fourth-order valence-electron chi connectivity index (χ4n) is 3.53. The summed E-state index contributed by atoms with van der Waals surface area (Å²) in [5, 5.41) is 17.3. The Balaban J connectivity index is 2.10. The highest BCUT2D eigenvalue weighted by molar-refractivity contribution is 7.98. The van der Waals surface area contributed by atoms with Crippen LogP contribution in [0.25, 0.3) is 0 Å². The topological polar surface area (TPSA) is 151 Å². The summed E-state index contributed by atoms with van der Waals surface area (Å²) in [5.41, 5.74) is 7.69. The van der Waals surface area contributed by atoms with Crippen LogP contribution in [0.2, 0.25) is 0 Å². The van der Waals surface area contributed by atoms with Crippen molar-refractivity contribution in [2.45, 2.75) is 43.4 Å². The zero-order chi connectivity index (χ0) is 27.2. The van der Waals surface area contributed by atoms with Crippen LogP contribution in [0.4, 0.5) is 0 Å². The van der Waals surface area contributed by atoms with Gasteiger partial charge in [-0.2, -0.15) is 24.4 Å². The number of thiol groups is 1. The van der Waals surface area contributed by atoms with E-state index in [0.717, 1.165) is 11.1 Å². The summed E-state index contributed by atoms with van der Waals surface area (Å²) in [6.07, 6.45) is 2.51. The number of carboxylic acid groups (broad SMARTS) is 1. The van der Waals surface area contributed by atoms with Crippen molar-refractivity contribution in [3.05, 3.63) is 71.8 Å². The van der Waals surface area contributed by atoms with Gasteiger partial charge in [-0.15, -0.1) is 0 Å². The molecule has 0 bridgehead atoms. The molecule has 2 aromatic carbocycles. The first-order valence-electron chi connectivity index (χ1n) is 11.8. The summed E-state index contributed by atoms with van der Waals surface area (Å²) < 4.78 is 0. The summed E-state index contributed by atoms with van der Waals surface area (Å²) in [6.45, 7) is 0. The number of nitrogens with two attached hydrogens (primary N) is 1. The number of nitrogens with one attached hydrogen (secondary N) is 3. The van der Waals surface area contributed by atoms with E-state index in [0.29, 0.717) is 12.2 Å². The molecule has 0 fully saturated rings. The highest BCUT2D eigenvalue weighted by Crippen LogP contribution is 2.07. The maximum Gasteiger partial charge on any atom is 0.326 e. The van der Waals surface area contributed by atoms with Gasteiger partial charge in [0.1, 0.15) is 18.1 Å². The van der Waals surface area contributed by atoms with E-state index in [1.54, 1.807) is 24.3 Å². The van der Waals surface area contributed by atoms with E-state index in [4.69, 9.17) is 5.73 Å². The van der Waals surface area contributed by atoms with Gasteiger partial charge in [-0.3, -0.25) is 14.4 Å². The molecule has 200 valence electrons. The summed E-state index contributed by atoms with van der Waals surface area (Å²) in [7, 11) is 0.